The van der Waals surface area contributed by atoms with Crippen LogP contribution in [0.1, 0.15) is 33.6 Å². The van der Waals surface area contributed by atoms with E-state index in [9.17, 15) is 4.79 Å². The van der Waals surface area contributed by atoms with Gasteiger partial charge in [0.1, 0.15) is 6.10 Å². The highest BCUT2D eigenvalue weighted by atomic mass is 16.5. The summed E-state index contributed by atoms with van der Waals surface area (Å²) in [4.78, 5) is 14.2. The Kier molecular flexibility index (Phi) is 3.22. The number of carbonyl (C=O) groups is 1. The van der Waals surface area contributed by atoms with Crippen LogP contribution in [0.5, 0.6) is 0 Å². The molecule has 2 aliphatic heterocycles. The topological polar surface area (TPSA) is 38.8 Å². The zero-order valence-electron chi connectivity index (χ0n) is 10.4. The van der Waals surface area contributed by atoms with Gasteiger partial charge in [-0.2, -0.15) is 0 Å². The molecule has 16 heavy (non-hydrogen) atoms. The zero-order chi connectivity index (χ0) is 11.8. The molecule has 2 aliphatic rings. The standard InChI is InChI=1S/C12H21NO3/c1-9-7-13(12(2,3)8-16-9)11(14)10-5-4-6-15-10/h9-10H,4-8H2,1-3H3/t9-,10+/m0/s1. The van der Waals surface area contributed by atoms with Gasteiger partial charge < -0.3 is 14.4 Å². The maximum Gasteiger partial charge on any atom is 0.252 e. The highest BCUT2D eigenvalue weighted by Crippen LogP contribution is 2.25. The van der Waals surface area contributed by atoms with E-state index >= 15 is 0 Å². The molecular formula is C12H21NO3. The third-order valence-corrected chi connectivity index (χ3v) is 3.36. The molecular weight excluding hydrogens is 206 g/mol. The van der Waals surface area contributed by atoms with E-state index in [2.05, 4.69) is 0 Å². The molecule has 4 nitrogen and oxygen atoms in total. The second kappa shape index (κ2) is 4.34. The summed E-state index contributed by atoms with van der Waals surface area (Å²) < 4.78 is 11.1. The Morgan fingerprint density at radius 3 is 2.75 bits per heavy atom. The molecule has 1 amide bonds. The maximum atomic E-state index is 12.3. The molecule has 0 bridgehead atoms. The highest BCUT2D eigenvalue weighted by molar-refractivity contribution is 5.82. The highest BCUT2D eigenvalue weighted by Gasteiger charge is 2.40. The molecule has 0 radical (unpaired) electrons. The lowest BCUT2D eigenvalue weighted by molar-refractivity contribution is -0.162. The van der Waals surface area contributed by atoms with Crippen LogP contribution in [0.3, 0.4) is 0 Å². The Morgan fingerprint density at radius 2 is 2.12 bits per heavy atom. The Hall–Kier alpha value is -0.610. The average Bonchev–Trinajstić information content (AvgIpc) is 2.74. The molecule has 92 valence electrons. The minimum atomic E-state index is -0.218. The van der Waals surface area contributed by atoms with Crippen LogP contribution < -0.4 is 0 Å². The fourth-order valence-corrected chi connectivity index (χ4v) is 2.32. The van der Waals surface area contributed by atoms with Crippen LogP contribution in [0.2, 0.25) is 0 Å². The smallest absolute Gasteiger partial charge is 0.252 e. The van der Waals surface area contributed by atoms with E-state index in [0.717, 1.165) is 19.4 Å². The molecule has 4 heteroatoms. The predicted octanol–water partition coefficient (Wildman–Crippen LogP) is 1.19. The van der Waals surface area contributed by atoms with Crippen molar-refractivity contribution in [2.24, 2.45) is 0 Å². The van der Waals surface area contributed by atoms with Gasteiger partial charge in [0.15, 0.2) is 0 Å². The quantitative estimate of drug-likeness (QED) is 0.675. The lowest BCUT2D eigenvalue weighted by Gasteiger charge is -2.45. The summed E-state index contributed by atoms with van der Waals surface area (Å²) in [6.45, 7) is 8.09. The number of amides is 1. The van der Waals surface area contributed by atoms with Crippen molar-refractivity contribution in [3.63, 3.8) is 0 Å². The third kappa shape index (κ3) is 2.23. The van der Waals surface area contributed by atoms with Crippen LogP contribution >= 0.6 is 0 Å². The molecule has 0 spiro atoms. The lowest BCUT2D eigenvalue weighted by Crippen LogP contribution is -2.59. The van der Waals surface area contributed by atoms with Crippen LogP contribution in [0.4, 0.5) is 0 Å². The Morgan fingerprint density at radius 1 is 1.38 bits per heavy atom. The normalized spacial score (nSPS) is 34.1. The van der Waals surface area contributed by atoms with Crippen molar-refractivity contribution in [2.75, 3.05) is 19.8 Å². The fourth-order valence-electron chi connectivity index (χ4n) is 2.32. The van der Waals surface area contributed by atoms with Crippen molar-refractivity contribution < 1.29 is 14.3 Å². The van der Waals surface area contributed by atoms with Crippen molar-refractivity contribution in [3.8, 4) is 0 Å². The molecule has 2 fully saturated rings. The van der Waals surface area contributed by atoms with Crippen LogP contribution in [0.25, 0.3) is 0 Å². The van der Waals surface area contributed by atoms with Gasteiger partial charge in [-0.1, -0.05) is 0 Å². The number of ether oxygens (including phenoxy) is 2. The summed E-state index contributed by atoms with van der Waals surface area (Å²) >= 11 is 0. The Labute approximate surface area is 96.9 Å². The first kappa shape index (κ1) is 11.9. The van der Waals surface area contributed by atoms with Crippen LogP contribution in [-0.4, -0.2) is 48.3 Å². The first-order valence-electron chi connectivity index (χ1n) is 6.05. The van der Waals surface area contributed by atoms with Crippen molar-refractivity contribution in [3.05, 3.63) is 0 Å². The van der Waals surface area contributed by atoms with E-state index in [-0.39, 0.29) is 23.7 Å². The maximum absolute atomic E-state index is 12.3. The molecule has 0 aliphatic carbocycles. The third-order valence-electron chi connectivity index (χ3n) is 3.36. The molecule has 2 heterocycles. The summed E-state index contributed by atoms with van der Waals surface area (Å²) in [7, 11) is 0. The monoisotopic (exact) mass is 227 g/mol. The number of nitrogens with zero attached hydrogens (tertiary/aromatic N) is 1. The second-order valence-corrected chi connectivity index (χ2v) is 5.38. The van der Waals surface area contributed by atoms with E-state index in [4.69, 9.17) is 9.47 Å². The van der Waals surface area contributed by atoms with Crippen molar-refractivity contribution in [1.29, 1.82) is 0 Å². The van der Waals surface area contributed by atoms with E-state index in [1.807, 2.05) is 25.7 Å². The number of carbonyl (C=O) groups excluding carboxylic acids is 1. The molecule has 0 aromatic carbocycles. The van der Waals surface area contributed by atoms with Gasteiger partial charge >= 0.3 is 0 Å². The largest absolute Gasteiger partial charge is 0.374 e. The van der Waals surface area contributed by atoms with Gasteiger partial charge in [-0.25, -0.2) is 0 Å². The van der Waals surface area contributed by atoms with Gasteiger partial charge in [-0.15, -0.1) is 0 Å². The van der Waals surface area contributed by atoms with Gasteiger partial charge in [0, 0.05) is 13.2 Å². The number of hydrogen-bond acceptors (Lipinski definition) is 3. The number of hydrogen-bond donors (Lipinski definition) is 0. The first-order valence-corrected chi connectivity index (χ1v) is 6.05. The molecule has 0 unspecified atom stereocenters. The van der Waals surface area contributed by atoms with Gasteiger partial charge in [-0.3, -0.25) is 4.79 Å². The molecule has 2 atom stereocenters. The van der Waals surface area contributed by atoms with E-state index in [1.54, 1.807) is 0 Å². The fraction of sp³-hybridized carbons (Fsp3) is 0.917. The van der Waals surface area contributed by atoms with Crippen molar-refractivity contribution in [1.82, 2.24) is 4.90 Å². The molecule has 0 N–H and O–H groups in total. The molecule has 0 saturated carbocycles. The van der Waals surface area contributed by atoms with Crippen molar-refractivity contribution >= 4 is 5.91 Å². The van der Waals surface area contributed by atoms with Crippen LogP contribution in [-0.2, 0) is 14.3 Å². The van der Waals surface area contributed by atoms with Crippen LogP contribution in [0.15, 0.2) is 0 Å². The summed E-state index contributed by atoms with van der Waals surface area (Å²) in [5.41, 5.74) is -0.213. The van der Waals surface area contributed by atoms with Crippen LogP contribution in [0, 0.1) is 0 Å². The van der Waals surface area contributed by atoms with E-state index in [1.165, 1.54) is 0 Å². The van der Waals surface area contributed by atoms with Gasteiger partial charge in [-0.05, 0) is 33.6 Å². The molecule has 2 saturated heterocycles. The number of morpholine rings is 1. The zero-order valence-corrected chi connectivity index (χ0v) is 10.4. The summed E-state index contributed by atoms with van der Waals surface area (Å²) in [5, 5.41) is 0. The second-order valence-electron chi connectivity index (χ2n) is 5.38. The van der Waals surface area contributed by atoms with E-state index < -0.39 is 0 Å². The minimum absolute atomic E-state index is 0.123. The molecule has 0 aromatic heterocycles. The lowest BCUT2D eigenvalue weighted by atomic mass is 9.99. The first-order chi connectivity index (χ1) is 7.50. The summed E-state index contributed by atoms with van der Waals surface area (Å²) in [6.07, 6.45) is 1.76. The predicted molar refractivity (Wildman–Crippen MR) is 60.2 cm³/mol. The SMILES string of the molecule is C[C@H]1CN(C(=O)[C@H]2CCCO2)C(C)(C)CO1. The Balaban J connectivity index is 2.07. The molecule has 2 rings (SSSR count). The van der Waals surface area contributed by atoms with Gasteiger partial charge in [0.05, 0.1) is 18.2 Å². The van der Waals surface area contributed by atoms with Gasteiger partial charge in [0.25, 0.3) is 5.91 Å². The minimum Gasteiger partial charge on any atom is -0.374 e. The van der Waals surface area contributed by atoms with Crippen molar-refractivity contribution in [2.45, 2.75) is 51.4 Å². The summed E-state index contributed by atoms with van der Waals surface area (Å²) in [6, 6.07) is 0. The average molecular weight is 227 g/mol. The molecule has 0 aromatic rings. The number of rotatable bonds is 1. The van der Waals surface area contributed by atoms with Gasteiger partial charge in [0.2, 0.25) is 0 Å². The van der Waals surface area contributed by atoms with E-state index in [0.29, 0.717) is 13.2 Å². The summed E-state index contributed by atoms with van der Waals surface area (Å²) in [5.74, 6) is 0.137. The Bertz CT molecular complexity index is 271.